The molecule has 11 heteroatoms. The van der Waals surface area contributed by atoms with Gasteiger partial charge in [-0.3, -0.25) is 0 Å². The average Bonchev–Trinajstić information content (AvgIpc) is 3.20. The minimum Gasteiger partial charge on any atom is -0.384 e. The molecule has 4 saturated heterocycles. The summed E-state index contributed by atoms with van der Waals surface area (Å²) < 4.78 is 39.2. The molecule has 2 N–H and O–H groups in total. The van der Waals surface area contributed by atoms with E-state index in [0.717, 1.165) is 25.7 Å². The number of fused-ring (bicyclic) bond motifs is 4. The summed E-state index contributed by atoms with van der Waals surface area (Å²) in [4.78, 5) is 22.7. The van der Waals surface area contributed by atoms with Crippen LogP contribution in [-0.2, 0) is 9.47 Å². The van der Waals surface area contributed by atoms with Gasteiger partial charge in [0.15, 0.2) is 5.82 Å². The Hall–Kier alpha value is -2.66. The smallest absolute Gasteiger partial charge is 0.264 e. The number of alkyl halides is 2. The molecule has 0 aliphatic carbocycles. The lowest BCUT2D eigenvalue weighted by atomic mass is 10.1. The molecule has 4 aliphatic heterocycles. The van der Waals surface area contributed by atoms with Gasteiger partial charge in [-0.05, 0) is 31.7 Å². The summed E-state index contributed by atoms with van der Waals surface area (Å²) in [7, 11) is 0. The zero-order valence-electron chi connectivity index (χ0n) is 17.5. The summed E-state index contributed by atoms with van der Waals surface area (Å²) >= 11 is 0. The molecule has 9 nitrogen and oxygen atoms in total. The first-order valence-corrected chi connectivity index (χ1v) is 11.1. The van der Waals surface area contributed by atoms with E-state index in [4.69, 9.17) is 20.2 Å². The van der Waals surface area contributed by atoms with Gasteiger partial charge in [0.1, 0.15) is 5.82 Å². The van der Waals surface area contributed by atoms with Crippen molar-refractivity contribution in [1.82, 2.24) is 19.9 Å². The molecule has 0 spiro atoms. The van der Waals surface area contributed by atoms with Gasteiger partial charge >= 0.3 is 0 Å². The Labute approximate surface area is 184 Å². The van der Waals surface area contributed by atoms with E-state index in [1.54, 1.807) is 0 Å². The molecule has 3 unspecified atom stereocenters. The number of nitrogens with two attached hydrogens (primary N) is 1. The van der Waals surface area contributed by atoms with Gasteiger partial charge in [0.2, 0.25) is 11.9 Å². The van der Waals surface area contributed by atoms with Crippen LogP contribution in [0.5, 0.6) is 0 Å². The summed E-state index contributed by atoms with van der Waals surface area (Å²) in [6.07, 6.45) is 2.59. The maximum Gasteiger partial charge on any atom is 0.264 e. The molecule has 0 saturated carbocycles. The van der Waals surface area contributed by atoms with Gasteiger partial charge in [-0.25, -0.2) is 13.8 Å². The van der Waals surface area contributed by atoms with E-state index < -0.39 is 6.43 Å². The molecule has 6 rings (SSSR count). The van der Waals surface area contributed by atoms with E-state index >= 15 is 0 Å². The van der Waals surface area contributed by atoms with Crippen molar-refractivity contribution in [2.24, 2.45) is 0 Å². The fraction of sp³-hybridized carbons (Fsp3) is 0.619. The number of halogens is 2. The van der Waals surface area contributed by atoms with E-state index in [1.807, 2.05) is 0 Å². The van der Waals surface area contributed by atoms with Crippen LogP contribution in [0.4, 0.5) is 26.5 Å². The van der Waals surface area contributed by atoms with Crippen molar-refractivity contribution in [3.8, 4) is 11.4 Å². The van der Waals surface area contributed by atoms with Gasteiger partial charge in [0.25, 0.3) is 6.43 Å². The van der Waals surface area contributed by atoms with Crippen molar-refractivity contribution in [3.63, 3.8) is 0 Å². The summed E-state index contributed by atoms with van der Waals surface area (Å²) in [5.41, 5.74) is 5.64. The normalized spacial score (nSPS) is 29.2. The number of hydrogen-bond acceptors (Lipinski definition) is 9. The minimum atomic E-state index is -2.72. The standard InChI is InChI=1S/C21H25F2N7O2/c22-18(23)15-5-17(24)25-6-16(15)19-26-20(29-11-1-2-12(29)8-31-7-11)28-21(27-19)30-13-3-4-14(30)10-32-9-13/h5-6,11-14,18H,1-4,7-10H2,(H2,24,25)/t11-,12?,13?,14?/m1/s1. The highest BCUT2D eigenvalue weighted by molar-refractivity contribution is 5.64. The predicted molar refractivity (Wildman–Crippen MR) is 113 cm³/mol. The fourth-order valence-electron chi connectivity index (χ4n) is 5.47. The van der Waals surface area contributed by atoms with Crippen molar-refractivity contribution < 1.29 is 18.3 Å². The molecule has 0 radical (unpaired) electrons. The van der Waals surface area contributed by atoms with Gasteiger partial charge in [-0.15, -0.1) is 0 Å². The van der Waals surface area contributed by atoms with E-state index in [9.17, 15) is 8.78 Å². The number of rotatable bonds is 4. The van der Waals surface area contributed by atoms with Crippen LogP contribution >= 0.6 is 0 Å². The van der Waals surface area contributed by atoms with Crippen molar-refractivity contribution in [2.75, 3.05) is 42.0 Å². The zero-order valence-corrected chi connectivity index (χ0v) is 17.5. The van der Waals surface area contributed by atoms with Crippen molar-refractivity contribution in [1.29, 1.82) is 0 Å². The molecule has 6 heterocycles. The lowest BCUT2D eigenvalue weighted by Gasteiger charge is -2.37. The number of pyridine rings is 1. The number of nitrogen functional groups attached to an aromatic ring is 1. The molecule has 4 atom stereocenters. The second-order valence-corrected chi connectivity index (χ2v) is 8.92. The van der Waals surface area contributed by atoms with Crippen LogP contribution in [0.1, 0.15) is 37.7 Å². The van der Waals surface area contributed by atoms with E-state index in [2.05, 4.69) is 24.8 Å². The number of hydrogen-bond donors (Lipinski definition) is 1. The Bertz CT molecular complexity index is 945. The fourth-order valence-corrected chi connectivity index (χ4v) is 5.47. The van der Waals surface area contributed by atoms with E-state index in [-0.39, 0.29) is 46.9 Å². The highest BCUT2D eigenvalue weighted by Gasteiger charge is 2.42. The Morgan fingerprint density at radius 2 is 1.34 bits per heavy atom. The summed E-state index contributed by atoms with van der Waals surface area (Å²) in [5.74, 6) is 1.27. The first kappa shape index (κ1) is 20.0. The first-order valence-electron chi connectivity index (χ1n) is 11.1. The van der Waals surface area contributed by atoms with E-state index in [0.29, 0.717) is 38.3 Å². The van der Waals surface area contributed by atoms with Gasteiger partial charge in [-0.1, -0.05) is 0 Å². The lowest BCUT2D eigenvalue weighted by Crippen LogP contribution is -2.48. The van der Waals surface area contributed by atoms with Crippen LogP contribution in [0.25, 0.3) is 11.4 Å². The molecule has 4 aliphatic rings. The van der Waals surface area contributed by atoms with Gasteiger partial charge in [0, 0.05) is 17.3 Å². The van der Waals surface area contributed by atoms with Crippen molar-refractivity contribution in [3.05, 3.63) is 17.8 Å². The van der Waals surface area contributed by atoms with Crippen molar-refractivity contribution >= 4 is 17.7 Å². The molecule has 170 valence electrons. The molecule has 0 aromatic carbocycles. The topological polar surface area (TPSA) is 103 Å². The van der Waals surface area contributed by atoms with Gasteiger partial charge in [-0.2, -0.15) is 15.0 Å². The lowest BCUT2D eigenvalue weighted by molar-refractivity contribution is 0.0885. The van der Waals surface area contributed by atoms with Crippen LogP contribution in [0, 0.1) is 0 Å². The molecule has 32 heavy (non-hydrogen) atoms. The summed E-state index contributed by atoms with van der Waals surface area (Å²) in [6, 6.07) is 1.91. The van der Waals surface area contributed by atoms with Crippen LogP contribution < -0.4 is 15.5 Å². The third-order valence-electron chi connectivity index (χ3n) is 6.99. The SMILES string of the molecule is Nc1cc(C(F)F)c(-c2nc(N3C4CCC3COC4)nc(N3C4CC[C@@H]3COC4)n2)cn1. The number of nitrogens with zero attached hydrogens (tertiary/aromatic N) is 6. The molecular formula is C21H25F2N7O2. The van der Waals surface area contributed by atoms with Gasteiger partial charge < -0.3 is 25.0 Å². The van der Waals surface area contributed by atoms with E-state index in [1.165, 1.54) is 12.3 Å². The van der Waals surface area contributed by atoms with Gasteiger partial charge in [0.05, 0.1) is 50.6 Å². The predicted octanol–water partition coefficient (Wildman–Crippen LogP) is 2.19. The maximum absolute atomic E-state index is 13.9. The second-order valence-electron chi connectivity index (χ2n) is 8.92. The number of morpholine rings is 2. The number of aromatic nitrogens is 4. The largest absolute Gasteiger partial charge is 0.384 e. The Morgan fingerprint density at radius 3 is 1.81 bits per heavy atom. The third-order valence-corrected chi connectivity index (χ3v) is 6.99. The number of ether oxygens (including phenoxy) is 2. The molecule has 2 aromatic rings. The zero-order chi connectivity index (χ0) is 21.8. The molecule has 2 aromatic heterocycles. The summed E-state index contributed by atoms with van der Waals surface area (Å²) in [5, 5.41) is 0. The Kier molecular flexibility index (Phi) is 4.83. The Morgan fingerprint density at radius 1 is 0.844 bits per heavy atom. The molecule has 4 fully saturated rings. The number of anilines is 3. The molecular weight excluding hydrogens is 420 g/mol. The highest BCUT2D eigenvalue weighted by atomic mass is 19.3. The van der Waals surface area contributed by atoms with Crippen LogP contribution in [0.2, 0.25) is 0 Å². The maximum atomic E-state index is 13.9. The highest BCUT2D eigenvalue weighted by Crippen LogP contribution is 2.38. The summed E-state index contributed by atoms with van der Waals surface area (Å²) in [6.45, 7) is 2.45. The molecule has 4 bridgehead atoms. The quantitative estimate of drug-likeness (QED) is 0.759. The van der Waals surface area contributed by atoms with Crippen LogP contribution in [-0.4, -0.2) is 70.5 Å². The van der Waals surface area contributed by atoms with Crippen LogP contribution in [0.3, 0.4) is 0 Å². The minimum absolute atomic E-state index is 0.0380. The second kappa shape index (κ2) is 7.73. The van der Waals surface area contributed by atoms with Crippen molar-refractivity contribution in [2.45, 2.75) is 56.3 Å². The first-order chi connectivity index (χ1) is 15.6. The monoisotopic (exact) mass is 445 g/mol. The van der Waals surface area contributed by atoms with Crippen LogP contribution in [0.15, 0.2) is 12.3 Å². The third kappa shape index (κ3) is 3.25. The Balaban J connectivity index is 1.49. The average molecular weight is 445 g/mol. The molecule has 0 amide bonds.